The highest BCUT2D eigenvalue weighted by molar-refractivity contribution is 6.30. The molecule has 2 fully saturated rings. The third-order valence-corrected chi connectivity index (χ3v) is 7.17. The van der Waals surface area contributed by atoms with Crippen LogP contribution >= 0.6 is 11.6 Å². The van der Waals surface area contributed by atoms with Crippen molar-refractivity contribution in [2.24, 2.45) is 5.92 Å². The van der Waals surface area contributed by atoms with Crippen molar-refractivity contribution in [3.8, 4) is 0 Å². The summed E-state index contributed by atoms with van der Waals surface area (Å²) in [7, 11) is 0. The first-order valence-electron chi connectivity index (χ1n) is 12.2. The van der Waals surface area contributed by atoms with Gasteiger partial charge in [-0.25, -0.2) is 0 Å². The molecule has 0 spiro atoms. The number of nitrogens with one attached hydrogen (secondary N) is 2. The van der Waals surface area contributed by atoms with E-state index in [1.165, 1.54) is 0 Å². The minimum atomic E-state index is -0.0277. The van der Waals surface area contributed by atoms with E-state index in [0.29, 0.717) is 11.4 Å². The summed E-state index contributed by atoms with van der Waals surface area (Å²) in [6, 6.07) is 17.9. The Balaban J connectivity index is 1.24. The normalized spacial score (nSPS) is 18.3. The van der Waals surface area contributed by atoms with Gasteiger partial charge in [-0.15, -0.1) is 0 Å². The molecule has 2 aliphatic rings. The quantitative estimate of drug-likeness (QED) is 0.570. The van der Waals surface area contributed by atoms with E-state index in [4.69, 9.17) is 11.6 Å². The Morgan fingerprint density at radius 1 is 1.00 bits per heavy atom. The summed E-state index contributed by atoms with van der Waals surface area (Å²) in [5, 5.41) is 7.17. The molecule has 2 N–H and O–H groups in total. The monoisotopic (exact) mass is 467 g/mol. The first-order chi connectivity index (χ1) is 16.1. The van der Waals surface area contributed by atoms with E-state index in [2.05, 4.69) is 15.5 Å². The third kappa shape index (κ3) is 7.05. The minimum absolute atomic E-state index is 0.0277. The molecule has 1 saturated heterocycles. The Labute approximate surface area is 201 Å². The second-order valence-corrected chi connectivity index (χ2v) is 9.81. The summed E-state index contributed by atoms with van der Waals surface area (Å²) in [6.45, 7) is 2.82. The van der Waals surface area contributed by atoms with E-state index in [1.807, 2.05) is 54.6 Å². The molecule has 1 aliphatic heterocycles. The van der Waals surface area contributed by atoms with Crippen molar-refractivity contribution in [1.29, 1.82) is 0 Å². The molecule has 0 radical (unpaired) electrons. The minimum Gasteiger partial charge on any atom is -0.353 e. The predicted molar refractivity (Wildman–Crippen MR) is 132 cm³/mol. The topological polar surface area (TPSA) is 61.4 Å². The molecule has 1 unspecified atom stereocenters. The molecule has 0 bridgehead atoms. The van der Waals surface area contributed by atoms with Gasteiger partial charge in [0.1, 0.15) is 0 Å². The van der Waals surface area contributed by atoms with Crippen LogP contribution in [0.15, 0.2) is 54.6 Å². The molecular formula is C27H34ClN3O2. The molecule has 176 valence electrons. The predicted octanol–water partition coefficient (Wildman–Crippen LogP) is 4.51. The number of likely N-dealkylation sites (tertiary alicyclic amines) is 1. The van der Waals surface area contributed by atoms with Crippen molar-refractivity contribution in [3.05, 3.63) is 70.7 Å². The van der Waals surface area contributed by atoms with Gasteiger partial charge in [-0.2, -0.15) is 0 Å². The standard InChI is InChI=1S/C27H34ClN3O2/c28-23-11-5-10-22(19-23)25(30-27(33)21-8-4-9-21)14-17-31-15-12-24(13-16-31)29-26(32)18-20-6-2-1-3-7-20/h1-3,5-7,10-11,19,21,24-25H,4,8-9,12-18H2,(H,29,32)(H,30,33). The Morgan fingerprint density at radius 2 is 1.76 bits per heavy atom. The molecule has 2 aromatic carbocycles. The number of hydrogen-bond acceptors (Lipinski definition) is 3. The van der Waals surface area contributed by atoms with Gasteiger partial charge in [0.2, 0.25) is 11.8 Å². The smallest absolute Gasteiger partial charge is 0.224 e. The number of halogens is 1. The van der Waals surface area contributed by atoms with E-state index in [0.717, 1.165) is 69.3 Å². The molecule has 0 aromatic heterocycles. The number of rotatable bonds is 9. The number of carbonyl (C=O) groups is 2. The Hall–Kier alpha value is -2.37. The van der Waals surface area contributed by atoms with Gasteiger partial charge in [0.05, 0.1) is 12.5 Å². The lowest BCUT2D eigenvalue weighted by Gasteiger charge is -2.34. The lowest BCUT2D eigenvalue weighted by atomic mass is 9.84. The molecule has 2 aromatic rings. The zero-order valence-corrected chi connectivity index (χ0v) is 19.9. The van der Waals surface area contributed by atoms with Gasteiger partial charge < -0.3 is 15.5 Å². The van der Waals surface area contributed by atoms with Crippen molar-refractivity contribution in [3.63, 3.8) is 0 Å². The average Bonchev–Trinajstić information content (AvgIpc) is 2.77. The SMILES string of the molecule is O=C(Cc1ccccc1)NC1CCN(CCC(NC(=O)C2CCC2)c2cccc(Cl)c2)CC1. The Bertz CT molecular complexity index is 924. The fourth-order valence-electron chi connectivity index (χ4n) is 4.68. The molecule has 4 rings (SSSR count). The van der Waals surface area contributed by atoms with Crippen molar-refractivity contribution in [2.75, 3.05) is 19.6 Å². The molecular weight excluding hydrogens is 434 g/mol. The summed E-state index contributed by atoms with van der Waals surface area (Å²) in [6.07, 6.45) is 6.34. The van der Waals surface area contributed by atoms with Crippen LogP contribution in [0, 0.1) is 5.92 Å². The number of amides is 2. The van der Waals surface area contributed by atoms with Crippen LogP contribution in [0.3, 0.4) is 0 Å². The van der Waals surface area contributed by atoms with Crippen LogP contribution in [0.4, 0.5) is 0 Å². The lowest BCUT2D eigenvalue weighted by Crippen LogP contribution is -2.46. The van der Waals surface area contributed by atoms with Gasteiger partial charge in [0.25, 0.3) is 0 Å². The van der Waals surface area contributed by atoms with Crippen molar-refractivity contribution >= 4 is 23.4 Å². The molecule has 1 atom stereocenters. The zero-order chi connectivity index (χ0) is 23.0. The number of carbonyl (C=O) groups excluding carboxylic acids is 2. The first-order valence-corrected chi connectivity index (χ1v) is 12.6. The van der Waals surface area contributed by atoms with E-state index < -0.39 is 0 Å². The fraction of sp³-hybridized carbons (Fsp3) is 0.481. The summed E-state index contributed by atoms with van der Waals surface area (Å²) >= 11 is 6.23. The van der Waals surface area contributed by atoms with Crippen LogP contribution in [0.25, 0.3) is 0 Å². The van der Waals surface area contributed by atoms with Crippen LogP contribution in [-0.4, -0.2) is 42.4 Å². The van der Waals surface area contributed by atoms with Crippen molar-refractivity contribution in [1.82, 2.24) is 15.5 Å². The highest BCUT2D eigenvalue weighted by Crippen LogP contribution is 2.28. The van der Waals surface area contributed by atoms with E-state index in [9.17, 15) is 9.59 Å². The van der Waals surface area contributed by atoms with Gasteiger partial charge in [0.15, 0.2) is 0 Å². The highest BCUT2D eigenvalue weighted by atomic mass is 35.5. The molecule has 5 nitrogen and oxygen atoms in total. The van der Waals surface area contributed by atoms with Crippen molar-refractivity contribution < 1.29 is 9.59 Å². The van der Waals surface area contributed by atoms with E-state index >= 15 is 0 Å². The maximum absolute atomic E-state index is 12.6. The van der Waals surface area contributed by atoms with Gasteiger partial charge in [0, 0.05) is 36.6 Å². The largest absolute Gasteiger partial charge is 0.353 e. The van der Waals surface area contributed by atoms with Crippen LogP contribution in [0.2, 0.25) is 5.02 Å². The number of hydrogen-bond donors (Lipinski definition) is 2. The van der Waals surface area contributed by atoms with Gasteiger partial charge >= 0.3 is 0 Å². The summed E-state index contributed by atoms with van der Waals surface area (Å²) in [5.41, 5.74) is 2.11. The van der Waals surface area contributed by atoms with Crippen LogP contribution in [-0.2, 0) is 16.0 Å². The molecule has 2 amide bonds. The lowest BCUT2D eigenvalue weighted by molar-refractivity contribution is -0.128. The van der Waals surface area contributed by atoms with Crippen molar-refractivity contribution in [2.45, 2.75) is 57.0 Å². The molecule has 1 aliphatic carbocycles. The highest BCUT2D eigenvalue weighted by Gasteiger charge is 2.28. The molecule has 6 heteroatoms. The van der Waals surface area contributed by atoms with E-state index in [-0.39, 0.29) is 29.8 Å². The molecule has 33 heavy (non-hydrogen) atoms. The maximum atomic E-state index is 12.6. The maximum Gasteiger partial charge on any atom is 0.224 e. The Morgan fingerprint density at radius 3 is 2.42 bits per heavy atom. The summed E-state index contributed by atoms with van der Waals surface area (Å²) in [5.74, 6) is 0.437. The average molecular weight is 468 g/mol. The molecule has 1 saturated carbocycles. The van der Waals surface area contributed by atoms with Crippen LogP contribution in [0.1, 0.15) is 55.7 Å². The van der Waals surface area contributed by atoms with Crippen LogP contribution in [0.5, 0.6) is 0 Å². The summed E-state index contributed by atoms with van der Waals surface area (Å²) in [4.78, 5) is 27.4. The number of piperidine rings is 1. The second kappa shape index (κ2) is 11.7. The zero-order valence-electron chi connectivity index (χ0n) is 19.1. The third-order valence-electron chi connectivity index (χ3n) is 6.94. The van der Waals surface area contributed by atoms with Gasteiger partial charge in [-0.3, -0.25) is 9.59 Å². The number of nitrogens with zero attached hydrogens (tertiary/aromatic N) is 1. The number of benzene rings is 2. The first kappa shape index (κ1) is 23.8. The van der Waals surface area contributed by atoms with E-state index in [1.54, 1.807) is 0 Å². The fourth-order valence-corrected chi connectivity index (χ4v) is 4.88. The molecule has 1 heterocycles. The second-order valence-electron chi connectivity index (χ2n) is 9.38. The summed E-state index contributed by atoms with van der Waals surface area (Å²) < 4.78 is 0. The Kier molecular flexibility index (Phi) is 8.40. The van der Waals surface area contributed by atoms with Gasteiger partial charge in [-0.1, -0.05) is 60.5 Å². The van der Waals surface area contributed by atoms with Gasteiger partial charge in [-0.05, 0) is 55.4 Å². The van der Waals surface area contributed by atoms with Crippen LogP contribution < -0.4 is 10.6 Å².